The summed E-state index contributed by atoms with van der Waals surface area (Å²) in [6.45, 7) is 4.84. The summed E-state index contributed by atoms with van der Waals surface area (Å²) in [7, 11) is 0. The lowest BCUT2D eigenvalue weighted by Gasteiger charge is -2.10. The molecule has 3 N–H and O–H groups in total. The molecule has 0 amide bonds. The first kappa shape index (κ1) is 13.4. The van der Waals surface area contributed by atoms with E-state index >= 15 is 0 Å². The van der Waals surface area contributed by atoms with Crippen molar-refractivity contribution in [1.82, 2.24) is 15.0 Å². The molecule has 2 rings (SSSR count). The van der Waals surface area contributed by atoms with Crippen LogP contribution >= 0.6 is 0 Å². The quantitative estimate of drug-likeness (QED) is 0.705. The number of phenols is 1. The summed E-state index contributed by atoms with van der Waals surface area (Å²) in [5, 5.41) is 29.6. The number of rotatable bonds is 5. The maximum atomic E-state index is 9.60. The predicted molar refractivity (Wildman–Crippen MR) is 72.0 cm³/mol. The van der Waals surface area contributed by atoms with E-state index in [1.54, 1.807) is 16.9 Å². The molecule has 0 spiro atoms. The predicted octanol–water partition coefficient (Wildman–Crippen LogP) is 1.20. The molecule has 0 atom stereocenters. The summed E-state index contributed by atoms with van der Waals surface area (Å²) in [5.41, 5.74) is 3.58. The van der Waals surface area contributed by atoms with Gasteiger partial charge in [0.05, 0.1) is 25.9 Å². The second kappa shape index (κ2) is 5.71. The Balaban J connectivity index is 2.03. The number of hydrogen-bond donors (Lipinski definition) is 3. The lowest BCUT2D eigenvalue weighted by atomic mass is 10.1. The molecule has 1 aromatic heterocycles. The average molecular weight is 262 g/mol. The van der Waals surface area contributed by atoms with Crippen LogP contribution in [0.15, 0.2) is 18.3 Å². The van der Waals surface area contributed by atoms with E-state index in [2.05, 4.69) is 15.6 Å². The highest BCUT2D eigenvalue weighted by molar-refractivity contribution is 5.56. The Labute approximate surface area is 111 Å². The zero-order valence-corrected chi connectivity index (χ0v) is 11.1. The summed E-state index contributed by atoms with van der Waals surface area (Å²) >= 11 is 0. The number of nitrogens with one attached hydrogen (secondary N) is 1. The van der Waals surface area contributed by atoms with Crippen molar-refractivity contribution < 1.29 is 10.2 Å². The number of aliphatic hydroxyl groups excluding tert-OH is 1. The largest absolute Gasteiger partial charge is 0.508 e. The van der Waals surface area contributed by atoms with E-state index in [1.165, 1.54) is 0 Å². The van der Waals surface area contributed by atoms with Crippen LogP contribution in [0.4, 0.5) is 5.69 Å². The molecule has 0 bridgehead atoms. The monoisotopic (exact) mass is 262 g/mol. The van der Waals surface area contributed by atoms with Gasteiger partial charge in [-0.1, -0.05) is 5.21 Å². The van der Waals surface area contributed by atoms with E-state index in [9.17, 15) is 5.11 Å². The van der Waals surface area contributed by atoms with Crippen LogP contribution in [0, 0.1) is 13.8 Å². The first-order valence-electron chi connectivity index (χ1n) is 6.14. The van der Waals surface area contributed by atoms with Gasteiger partial charge in [0.2, 0.25) is 0 Å². The van der Waals surface area contributed by atoms with Crippen molar-refractivity contribution in [3.8, 4) is 5.75 Å². The Kier molecular flexibility index (Phi) is 4.01. The number of anilines is 1. The SMILES string of the molecule is Cc1cc(NCc2cn(CCO)nn2)c(C)cc1O. The smallest absolute Gasteiger partial charge is 0.118 e. The second-order valence-electron chi connectivity index (χ2n) is 4.50. The summed E-state index contributed by atoms with van der Waals surface area (Å²) in [6.07, 6.45) is 1.80. The number of aliphatic hydroxyl groups is 1. The van der Waals surface area contributed by atoms with Gasteiger partial charge < -0.3 is 15.5 Å². The summed E-state index contributed by atoms with van der Waals surface area (Å²) in [5.74, 6) is 0.303. The van der Waals surface area contributed by atoms with Gasteiger partial charge in [0.15, 0.2) is 0 Å². The maximum Gasteiger partial charge on any atom is 0.118 e. The fourth-order valence-corrected chi connectivity index (χ4v) is 1.81. The Hall–Kier alpha value is -2.08. The number of aromatic nitrogens is 3. The van der Waals surface area contributed by atoms with E-state index in [0.717, 1.165) is 22.5 Å². The van der Waals surface area contributed by atoms with Crippen molar-refractivity contribution in [3.63, 3.8) is 0 Å². The molecule has 6 heteroatoms. The van der Waals surface area contributed by atoms with Crippen molar-refractivity contribution in [2.45, 2.75) is 26.9 Å². The topological polar surface area (TPSA) is 83.2 Å². The van der Waals surface area contributed by atoms with Crippen molar-refractivity contribution >= 4 is 5.69 Å². The molecule has 2 aromatic rings. The lowest BCUT2D eigenvalue weighted by Crippen LogP contribution is -2.03. The Morgan fingerprint density at radius 3 is 2.79 bits per heavy atom. The van der Waals surface area contributed by atoms with Gasteiger partial charge in [0, 0.05) is 5.69 Å². The normalized spacial score (nSPS) is 10.7. The maximum absolute atomic E-state index is 9.60. The lowest BCUT2D eigenvalue weighted by molar-refractivity contribution is 0.268. The van der Waals surface area contributed by atoms with Crippen LogP contribution in [-0.4, -0.2) is 31.8 Å². The Bertz CT molecular complexity index is 566. The zero-order chi connectivity index (χ0) is 13.8. The molecule has 1 aromatic carbocycles. The number of nitrogens with zero attached hydrogens (tertiary/aromatic N) is 3. The number of aromatic hydroxyl groups is 1. The molecule has 19 heavy (non-hydrogen) atoms. The molecule has 0 saturated heterocycles. The minimum absolute atomic E-state index is 0.0481. The van der Waals surface area contributed by atoms with Gasteiger partial charge in [-0.25, -0.2) is 4.68 Å². The number of benzene rings is 1. The third-order valence-electron chi connectivity index (χ3n) is 2.92. The van der Waals surface area contributed by atoms with E-state index in [0.29, 0.717) is 18.8 Å². The van der Waals surface area contributed by atoms with E-state index in [4.69, 9.17) is 5.11 Å². The first-order valence-corrected chi connectivity index (χ1v) is 6.14. The number of hydrogen-bond acceptors (Lipinski definition) is 5. The van der Waals surface area contributed by atoms with Crippen LogP contribution in [0.3, 0.4) is 0 Å². The van der Waals surface area contributed by atoms with Crippen LogP contribution in [0.5, 0.6) is 5.75 Å². The highest BCUT2D eigenvalue weighted by Gasteiger charge is 2.05. The minimum atomic E-state index is 0.0481. The third kappa shape index (κ3) is 3.23. The van der Waals surface area contributed by atoms with Crippen molar-refractivity contribution in [3.05, 3.63) is 35.2 Å². The molecule has 0 aliphatic heterocycles. The van der Waals surface area contributed by atoms with E-state index in [-0.39, 0.29) is 6.61 Å². The van der Waals surface area contributed by atoms with Crippen molar-refractivity contribution in [2.75, 3.05) is 11.9 Å². The molecule has 6 nitrogen and oxygen atoms in total. The van der Waals surface area contributed by atoms with Gasteiger partial charge in [0.1, 0.15) is 11.4 Å². The molecule has 102 valence electrons. The molecule has 1 heterocycles. The first-order chi connectivity index (χ1) is 9.10. The Morgan fingerprint density at radius 1 is 1.26 bits per heavy atom. The highest BCUT2D eigenvalue weighted by Crippen LogP contribution is 2.25. The van der Waals surface area contributed by atoms with Crippen LogP contribution in [0.2, 0.25) is 0 Å². The molecular formula is C13H18N4O2. The highest BCUT2D eigenvalue weighted by atomic mass is 16.3. The van der Waals surface area contributed by atoms with Crippen LogP contribution in [0.1, 0.15) is 16.8 Å². The third-order valence-corrected chi connectivity index (χ3v) is 2.92. The van der Waals surface area contributed by atoms with Gasteiger partial charge in [0.25, 0.3) is 0 Å². The average Bonchev–Trinajstić information content (AvgIpc) is 2.80. The molecule has 0 fully saturated rings. The van der Waals surface area contributed by atoms with Crippen LogP contribution in [-0.2, 0) is 13.1 Å². The van der Waals surface area contributed by atoms with Crippen molar-refractivity contribution in [1.29, 1.82) is 0 Å². The fraction of sp³-hybridized carbons (Fsp3) is 0.385. The van der Waals surface area contributed by atoms with Crippen molar-refractivity contribution in [2.24, 2.45) is 0 Å². The standard InChI is InChI=1S/C13H18N4O2/c1-9-6-13(19)10(2)5-12(9)14-7-11-8-17(3-4-18)16-15-11/h5-6,8,14,18-19H,3-4,7H2,1-2H3. The van der Waals surface area contributed by atoms with Gasteiger partial charge >= 0.3 is 0 Å². The van der Waals surface area contributed by atoms with Gasteiger partial charge in [-0.15, -0.1) is 5.10 Å². The zero-order valence-electron chi connectivity index (χ0n) is 11.1. The Morgan fingerprint density at radius 2 is 2.05 bits per heavy atom. The number of phenolic OH excluding ortho intramolecular Hbond substituents is 1. The van der Waals surface area contributed by atoms with Gasteiger partial charge in [-0.2, -0.15) is 0 Å². The number of aryl methyl sites for hydroxylation is 2. The molecule has 0 saturated carbocycles. The minimum Gasteiger partial charge on any atom is -0.508 e. The molecule has 0 aliphatic carbocycles. The van der Waals surface area contributed by atoms with Gasteiger partial charge in [-0.05, 0) is 37.1 Å². The van der Waals surface area contributed by atoms with E-state index < -0.39 is 0 Å². The second-order valence-corrected chi connectivity index (χ2v) is 4.50. The molecule has 0 radical (unpaired) electrons. The molecular weight excluding hydrogens is 244 g/mol. The van der Waals surface area contributed by atoms with E-state index in [1.807, 2.05) is 19.9 Å². The summed E-state index contributed by atoms with van der Waals surface area (Å²) in [4.78, 5) is 0. The van der Waals surface area contributed by atoms with Crippen LogP contribution < -0.4 is 5.32 Å². The van der Waals surface area contributed by atoms with Crippen LogP contribution in [0.25, 0.3) is 0 Å². The fourth-order valence-electron chi connectivity index (χ4n) is 1.81. The summed E-state index contributed by atoms with van der Waals surface area (Å²) in [6, 6.07) is 3.64. The summed E-state index contributed by atoms with van der Waals surface area (Å²) < 4.78 is 1.60. The molecule has 0 unspecified atom stereocenters. The van der Waals surface area contributed by atoms with Gasteiger partial charge in [-0.3, -0.25) is 0 Å². The molecule has 0 aliphatic rings.